The van der Waals surface area contributed by atoms with Crippen LogP contribution in [-0.2, 0) is 26.4 Å². The molecule has 37 heavy (non-hydrogen) atoms. The zero-order chi connectivity index (χ0) is 26.0. The number of carbonyl (C=O) groups is 2. The second kappa shape index (κ2) is 10.1. The van der Waals surface area contributed by atoms with Crippen LogP contribution in [0.2, 0.25) is 0 Å². The largest absolute Gasteiger partial charge is 0.489 e. The molecule has 0 radical (unpaired) electrons. The van der Waals surface area contributed by atoms with Gasteiger partial charge in [-0.25, -0.2) is 18.4 Å². The molecule has 2 fully saturated rings. The zero-order valence-electron chi connectivity index (χ0n) is 19.0. The standard InChI is InChI=1S/C25H19FN4O5S2/c26-18-5-1-17(2-6-18)15-35-21-11-3-16(4-12-21)13-22-24(32)28-25(36-22)27-19-7-9-20(10-8-19)30-14-23(31)29-37(30,33)34/h1-13H,14-15H2,(H,29,31)(H,27,28,32)/b22-13+. The smallest absolute Gasteiger partial charge is 0.326 e. The Kier molecular flexibility index (Phi) is 6.68. The first-order valence-corrected chi connectivity index (χ1v) is 13.2. The number of amidine groups is 1. The fourth-order valence-corrected chi connectivity index (χ4v) is 5.52. The van der Waals surface area contributed by atoms with Crippen molar-refractivity contribution in [1.29, 1.82) is 0 Å². The van der Waals surface area contributed by atoms with Crippen LogP contribution in [0, 0.1) is 5.82 Å². The highest BCUT2D eigenvalue weighted by Gasteiger charge is 2.33. The molecule has 3 aromatic rings. The van der Waals surface area contributed by atoms with Gasteiger partial charge in [0.25, 0.3) is 11.8 Å². The summed E-state index contributed by atoms with van der Waals surface area (Å²) in [6.07, 6.45) is 1.73. The number of benzene rings is 3. The van der Waals surface area contributed by atoms with E-state index in [1.165, 1.54) is 36.0 Å². The van der Waals surface area contributed by atoms with Crippen LogP contribution in [0.5, 0.6) is 5.75 Å². The lowest BCUT2D eigenvalue weighted by atomic mass is 10.2. The van der Waals surface area contributed by atoms with Crippen LogP contribution >= 0.6 is 11.8 Å². The first-order chi connectivity index (χ1) is 17.7. The van der Waals surface area contributed by atoms with Crippen LogP contribution in [0.15, 0.2) is 82.7 Å². The molecule has 188 valence electrons. The molecule has 2 amide bonds. The molecule has 2 saturated heterocycles. The Bertz CT molecular complexity index is 1520. The molecule has 0 saturated carbocycles. The van der Waals surface area contributed by atoms with E-state index < -0.39 is 16.1 Å². The summed E-state index contributed by atoms with van der Waals surface area (Å²) in [6.45, 7) is 0.0280. The number of nitrogens with zero attached hydrogens (tertiary/aromatic N) is 2. The molecule has 0 spiro atoms. The summed E-state index contributed by atoms with van der Waals surface area (Å²) >= 11 is 1.18. The third-order valence-corrected chi connectivity index (χ3v) is 7.65. The van der Waals surface area contributed by atoms with E-state index in [9.17, 15) is 22.4 Å². The van der Waals surface area contributed by atoms with Gasteiger partial charge in [-0.1, -0.05) is 24.3 Å². The molecule has 2 N–H and O–H groups in total. The summed E-state index contributed by atoms with van der Waals surface area (Å²) in [5, 5.41) is 3.09. The molecule has 0 aliphatic carbocycles. The molecule has 5 rings (SSSR count). The third kappa shape index (κ3) is 5.81. The minimum Gasteiger partial charge on any atom is -0.489 e. The molecule has 0 unspecified atom stereocenters. The SMILES string of the molecule is O=C1CN(c2ccc(N=C3NC(=O)/C(=C\c4ccc(OCc5ccc(F)cc5)cc4)S3)cc2)S(=O)(=O)N1. The molecular weight excluding hydrogens is 519 g/mol. The van der Waals surface area contributed by atoms with Gasteiger partial charge in [0.1, 0.15) is 24.7 Å². The van der Waals surface area contributed by atoms with Gasteiger partial charge in [-0.3, -0.25) is 9.59 Å². The Labute approximate surface area is 216 Å². The fraction of sp³-hybridized carbons (Fsp3) is 0.0800. The molecule has 2 heterocycles. The topological polar surface area (TPSA) is 117 Å². The van der Waals surface area contributed by atoms with Crippen LogP contribution in [-0.4, -0.2) is 31.9 Å². The summed E-state index contributed by atoms with van der Waals surface area (Å²) in [5.41, 5.74) is 2.48. The highest BCUT2D eigenvalue weighted by molar-refractivity contribution is 8.18. The van der Waals surface area contributed by atoms with Gasteiger partial charge >= 0.3 is 10.2 Å². The number of thioether (sulfide) groups is 1. The summed E-state index contributed by atoms with van der Waals surface area (Å²) < 4.78 is 45.6. The lowest BCUT2D eigenvalue weighted by molar-refractivity contribution is -0.117. The number of ether oxygens (including phenoxy) is 1. The van der Waals surface area contributed by atoms with Crippen molar-refractivity contribution >= 4 is 56.4 Å². The molecule has 12 heteroatoms. The lowest BCUT2D eigenvalue weighted by Crippen LogP contribution is -2.29. The van der Waals surface area contributed by atoms with Crippen LogP contribution in [0.1, 0.15) is 11.1 Å². The molecular formula is C25H19FN4O5S2. The van der Waals surface area contributed by atoms with Gasteiger partial charge in [0.2, 0.25) is 0 Å². The Morgan fingerprint density at radius 3 is 2.35 bits per heavy atom. The van der Waals surface area contributed by atoms with E-state index in [0.29, 0.717) is 33.8 Å². The highest BCUT2D eigenvalue weighted by atomic mass is 32.2. The van der Waals surface area contributed by atoms with Gasteiger partial charge in [-0.05, 0) is 77.5 Å². The predicted octanol–water partition coefficient (Wildman–Crippen LogP) is 3.48. The number of nitrogens with one attached hydrogen (secondary N) is 2. The fourth-order valence-electron chi connectivity index (χ4n) is 3.53. The average molecular weight is 539 g/mol. The van der Waals surface area contributed by atoms with Crippen LogP contribution in [0.4, 0.5) is 15.8 Å². The Hall–Kier alpha value is -4.16. The quantitative estimate of drug-likeness (QED) is 0.464. The van der Waals surface area contributed by atoms with E-state index >= 15 is 0 Å². The molecule has 0 aromatic heterocycles. The number of aliphatic imine (C=N–C) groups is 1. The van der Waals surface area contributed by atoms with E-state index in [1.54, 1.807) is 42.5 Å². The number of hydrogen-bond donors (Lipinski definition) is 2. The van der Waals surface area contributed by atoms with E-state index in [4.69, 9.17) is 4.74 Å². The normalized spacial score (nSPS) is 18.8. The van der Waals surface area contributed by atoms with Crippen molar-refractivity contribution in [2.45, 2.75) is 6.61 Å². The number of carbonyl (C=O) groups excluding carboxylic acids is 2. The maximum atomic E-state index is 13.0. The Morgan fingerprint density at radius 2 is 1.70 bits per heavy atom. The average Bonchev–Trinajstić information content (AvgIpc) is 3.36. The summed E-state index contributed by atoms with van der Waals surface area (Å²) in [5.74, 6) is -0.541. The van der Waals surface area contributed by atoms with Crippen molar-refractivity contribution in [3.8, 4) is 5.75 Å². The van der Waals surface area contributed by atoms with Gasteiger partial charge in [0.05, 0.1) is 16.3 Å². The van der Waals surface area contributed by atoms with Crippen molar-refractivity contribution in [2.24, 2.45) is 4.99 Å². The monoisotopic (exact) mass is 538 g/mol. The minimum absolute atomic E-state index is 0.280. The second-order valence-electron chi connectivity index (χ2n) is 8.02. The van der Waals surface area contributed by atoms with Crippen LogP contribution in [0.3, 0.4) is 0 Å². The molecule has 9 nitrogen and oxygen atoms in total. The minimum atomic E-state index is -3.88. The van der Waals surface area contributed by atoms with Gasteiger partial charge in [0, 0.05) is 0 Å². The third-order valence-electron chi connectivity index (χ3n) is 5.34. The molecule has 2 aliphatic rings. The predicted molar refractivity (Wildman–Crippen MR) is 139 cm³/mol. The summed E-state index contributed by atoms with van der Waals surface area (Å²) in [6, 6.07) is 19.6. The number of rotatable bonds is 6. The molecule has 3 aromatic carbocycles. The van der Waals surface area contributed by atoms with E-state index in [-0.39, 0.29) is 18.3 Å². The van der Waals surface area contributed by atoms with Crippen LogP contribution in [0.25, 0.3) is 6.08 Å². The summed E-state index contributed by atoms with van der Waals surface area (Å²) in [7, 11) is -3.88. The first-order valence-electron chi connectivity index (χ1n) is 11.0. The Balaban J connectivity index is 1.22. The van der Waals surface area contributed by atoms with Gasteiger partial charge in [0.15, 0.2) is 5.17 Å². The maximum Gasteiger partial charge on any atom is 0.326 e. The van der Waals surface area contributed by atoms with Crippen LogP contribution < -0.4 is 19.1 Å². The van der Waals surface area contributed by atoms with Crippen molar-refractivity contribution < 1.29 is 27.1 Å². The molecule has 2 aliphatic heterocycles. The molecule has 0 bridgehead atoms. The van der Waals surface area contributed by atoms with E-state index in [0.717, 1.165) is 15.4 Å². The maximum absolute atomic E-state index is 13.0. The van der Waals surface area contributed by atoms with Crippen molar-refractivity contribution in [1.82, 2.24) is 10.0 Å². The Morgan fingerprint density at radius 1 is 1.00 bits per heavy atom. The van der Waals surface area contributed by atoms with Crippen molar-refractivity contribution in [3.05, 3.63) is 94.6 Å². The number of amides is 2. The second-order valence-corrected chi connectivity index (χ2v) is 10.6. The zero-order valence-corrected chi connectivity index (χ0v) is 20.7. The highest BCUT2D eigenvalue weighted by Crippen LogP contribution is 2.30. The van der Waals surface area contributed by atoms with Crippen molar-refractivity contribution in [2.75, 3.05) is 10.8 Å². The number of anilines is 1. The lowest BCUT2D eigenvalue weighted by Gasteiger charge is -2.14. The van der Waals surface area contributed by atoms with Gasteiger partial charge in [-0.2, -0.15) is 8.42 Å². The van der Waals surface area contributed by atoms with E-state index in [1.807, 2.05) is 16.9 Å². The molecule has 0 atom stereocenters. The summed E-state index contributed by atoms with van der Waals surface area (Å²) in [4.78, 5) is 28.7. The number of hydrogen-bond acceptors (Lipinski definition) is 7. The number of halogens is 1. The van der Waals surface area contributed by atoms with Crippen molar-refractivity contribution in [3.63, 3.8) is 0 Å². The van der Waals surface area contributed by atoms with E-state index in [2.05, 4.69) is 10.3 Å². The van der Waals surface area contributed by atoms with Gasteiger partial charge < -0.3 is 10.1 Å². The van der Waals surface area contributed by atoms with Gasteiger partial charge in [-0.15, -0.1) is 0 Å². The first kappa shape index (κ1) is 24.5.